The maximum Gasteiger partial charge on any atom is 0.159 e. The van der Waals surface area contributed by atoms with Crippen molar-refractivity contribution in [3.63, 3.8) is 0 Å². The summed E-state index contributed by atoms with van der Waals surface area (Å²) in [5.41, 5.74) is 11.4. The number of nitrogens with zero attached hydrogens (tertiary/aromatic N) is 2. The molecule has 0 N–H and O–H groups in total. The van der Waals surface area contributed by atoms with E-state index in [1.54, 1.807) is 0 Å². The first-order chi connectivity index (χ1) is 25.3. The minimum absolute atomic E-state index is 0.0415. The van der Waals surface area contributed by atoms with Gasteiger partial charge in [0.25, 0.3) is 0 Å². The fourth-order valence-electron chi connectivity index (χ4n) is 8.88. The zero-order chi connectivity index (χ0) is 33.8. The van der Waals surface area contributed by atoms with Gasteiger partial charge in [0.15, 0.2) is 5.58 Å². The summed E-state index contributed by atoms with van der Waals surface area (Å²) in [6.45, 7) is 0. The Morgan fingerprint density at radius 3 is 1.90 bits per heavy atom. The lowest BCUT2D eigenvalue weighted by molar-refractivity contribution is 0.346. The van der Waals surface area contributed by atoms with E-state index >= 15 is 0 Å². The average molecular weight is 659 g/mol. The van der Waals surface area contributed by atoms with Gasteiger partial charge in [0.05, 0.1) is 16.7 Å². The molecule has 9 aromatic rings. The molecule has 7 aromatic carbocycles. The Balaban J connectivity index is 1.19. The normalized spacial score (nSPS) is 14.4. The van der Waals surface area contributed by atoms with Crippen molar-refractivity contribution in [3.8, 4) is 5.69 Å². The van der Waals surface area contributed by atoms with Gasteiger partial charge in [0.2, 0.25) is 0 Å². The van der Waals surface area contributed by atoms with Crippen molar-refractivity contribution in [1.82, 2.24) is 4.57 Å². The maximum absolute atomic E-state index is 6.67. The van der Waals surface area contributed by atoms with E-state index in [1.807, 2.05) is 6.07 Å². The monoisotopic (exact) mass is 658 g/mol. The van der Waals surface area contributed by atoms with E-state index in [-0.39, 0.29) is 5.41 Å². The summed E-state index contributed by atoms with van der Waals surface area (Å²) in [4.78, 5) is 2.39. The van der Waals surface area contributed by atoms with Crippen LogP contribution in [0.2, 0.25) is 0 Å². The van der Waals surface area contributed by atoms with Crippen molar-refractivity contribution in [2.24, 2.45) is 0 Å². The second kappa shape index (κ2) is 12.1. The topological polar surface area (TPSA) is 21.3 Å². The quantitative estimate of drug-likeness (QED) is 0.177. The van der Waals surface area contributed by atoms with Crippen LogP contribution in [-0.2, 0) is 5.41 Å². The van der Waals surface area contributed by atoms with Gasteiger partial charge >= 0.3 is 0 Å². The van der Waals surface area contributed by atoms with Gasteiger partial charge in [-0.05, 0) is 84.6 Å². The summed E-state index contributed by atoms with van der Waals surface area (Å²) in [6, 6.07) is 61.8. The highest BCUT2D eigenvalue weighted by Gasteiger charge is 2.35. The van der Waals surface area contributed by atoms with E-state index in [0.717, 1.165) is 44.7 Å². The lowest BCUT2D eigenvalue weighted by Gasteiger charge is -2.39. The molecule has 3 nitrogen and oxygen atoms in total. The van der Waals surface area contributed by atoms with Crippen molar-refractivity contribution < 1.29 is 4.42 Å². The largest absolute Gasteiger partial charge is 0.454 e. The first-order valence-corrected chi connectivity index (χ1v) is 18.2. The van der Waals surface area contributed by atoms with Gasteiger partial charge in [-0.1, -0.05) is 128 Å². The van der Waals surface area contributed by atoms with Crippen LogP contribution in [0.1, 0.15) is 43.2 Å². The smallest absolute Gasteiger partial charge is 0.159 e. The highest BCUT2D eigenvalue weighted by molar-refractivity contribution is 6.12. The van der Waals surface area contributed by atoms with E-state index in [9.17, 15) is 0 Å². The first-order valence-electron chi connectivity index (χ1n) is 18.2. The predicted octanol–water partition coefficient (Wildman–Crippen LogP) is 13.4. The number of furan rings is 1. The third-order valence-electron chi connectivity index (χ3n) is 11.3. The van der Waals surface area contributed by atoms with Gasteiger partial charge in [-0.2, -0.15) is 0 Å². The van der Waals surface area contributed by atoms with Gasteiger partial charge in [-0.25, -0.2) is 0 Å². The molecule has 0 saturated heterocycles. The SMILES string of the molecule is c1ccc(-n2c3ccccc3c3cc(N(c4ccc(C5(c6ccccc6)CCCCC5)cc4)c4cccc5c4oc4ccccc45)ccc32)cc1. The Kier molecular flexibility index (Phi) is 7.06. The molecule has 1 aliphatic carbocycles. The van der Waals surface area contributed by atoms with Crippen molar-refractivity contribution in [2.75, 3.05) is 4.90 Å². The average Bonchev–Trinajstić information content (AvgIpc) is 3.75. The Labute approximate surface area is 298 Å². The van der Waals surface area contributed by atoms with Crippen LogP contribution in [-0.4, -0.2) is 4.57 Å². The van der Waals surface area contributed by atoms with Gasteiger partial charge in [-0.3, -0.25) is 0 Å². The standard InChI is InChI=1S/C48H38N2O/c1-4-15-34(16-5-1)48(31-12-3-13-32-48)35-25-27-37(28-26-35)49(45-23-14-21-41-40-20-9-11-24-46(40)51-47(41)45)38-29-30-44-42(33-38)39-19-8-10-22-43(39)50(44)36-17-6-2-7-18-36/h1-2,4-11,14-30,33H,3,12-13,31-32H2. The molecule has 0 aliphatic heterocycles. The summed E-state index contributed by atoms with van der Waals surface area (Å²) in [7, 11) is 0. The molecule has 1 aliphatic rings. The Morgan fingerprint density at radius 1 is 0.471 bits per heavy atom. The number of fused-ring (bicyclic) bond motifs is 6. The van der Waals surface area contributed by atoms with Crippen LogP contribution in [0, 0.1) is 0 Å². The zero-order valence-corrected chi connectivity index (χ0v) is 28.5. The van der Waals surface area contributed by atoms with Crippen molar-refractivity contribution in [2.45, 2.75) is 37.5 Å². The summed E-state index contributed by atoms with van der Waals surface area (Å²) < 4.78 is 9.05. The molecule has 0 amide bonds. The maximum atomic E-state index is 6.67. The highest BCUT2D eigenvalue weighted by Crippen LogP contribution is 2.47. The molecule has 3 heteroatoms. The third-order valence-corrected chi connectivity index (χ3v) is 11.3. The van der Waals surface area contributed by atoms with Crippen molar-refractivity contribution in [1.29, 1.82) is 0 Å². The molecule has 0 unspecified atom stereocenters. The lowest BCUT2D eigenvalue weighted by Crippen LogP contribution is -2.30. The van der Waals surface area contributed by atoms with Crippen LogP contribution in [0.15, 0.2) is 174 Å². The molecule has 246 valence electrons. The van der Waals surface area contributed by atoms with Crippen LogP contribution in [0.5, 0.6) is 0 Å². The fraction of sp³-hybridized carbons (Fsp3) is 0.125. The summed E-state index contributed by atoms with van der Waals surface area (Å²) in [5.74, 6) is 0. The molecule has 51 heavy (non-hydrogen) atoms. The molecule has 0 spiro atoms. The number of rotatable bonds is 6. The molecule has 1 saturated carbocycles. The summed E-state index contributed by atoms with van der Waals surface area (Å²) in [5, 5.41) is 4.71. The van der Waals surface area contributed by atoms with Gasteiger partial charge in [0, 0.05) is 44.0 Å². The van der Waals surface area contributed by atoms with Gasteiger partial charge in [-0.15, -0.1) is 0 Å². The van der Waals surface area contributed by atoms with E-state index in [1.165, 1.54) is 65.0 Å². The number of aromatic nitrogens is 1. The second-order valence-electron chi connectivity index (χ2n) is 14.0. The van der Waals surface area contributed by atoms with Crippen LogP contribution >= 0.6 is 0 Å². The van der Waals surface area contributed by atoms with Gasteiger partial charge in [0.1, 0.15) is 5.58 Å². The Hall–Kier alpha value is -6.06. The molecule has 0 atom stereocenters. The third kappa shape index (κ3) is 4.80. The molecular weight excluding hydrogens is 621 g/mol. The molecule has 2 aromatic heterocycles. The van der Waals surface area contributed by atoms with E-state index < -0.39 is 0 Å². The van der Waals surface area contributed by atoms with Gasteiger partial charge < -0.3 is 13.9 Å². The first kappa shape index (κ1) is 29.8. The molecule has 2 heterocycles. The van der Waals surface area contributed by atoms with Crippen LogP contribution in [0.3, 0.4) is 0 Å². The second-order valence-corrected chi connectivity index (χ2v) is 14.0. The van der Waals surface area contributed by atoms with E-state index in [0.29, 0.717) is 0 Å². The fourth-order valence-corrected chi connectivity index (χ4v) is 8.88. The summed E-state index contributed by atoms with van der Waals surface area (Å²) in [6.07, 6.45) is 6.19. The summed E-state index contributed by atoms with van der Waals surface area (Å²) >= 11 is 0. The van der Waals surface area contributed by atoms with Crippen molar-refractivity contribution in [3.05, 3.63) is 181 Å². The number of benzene rings is 7. The minimum Gasteiger partial charge on any atom is -0.454 e. The Morgan fingerprint density at radius 2 is 1.10 bits per heavy atom. The molecular formula is C48H38N2O. The number of hydrogen-bond donors (Lipinski definition) is 0. The zero-order valence-electron chi connectivity index (χ0n) is 28.5. The predicted molar refractivity (Wildman–Crippen MR) is 213 cm³/mol. The highest BCUT2D eigenvalue weighted by atomic mass is 16.3. The number of anilines is 3. The van der Waals surface area contributed by atoms with Crippen LogP contribution < -0.4 is 4.90 Å². The molecule has 0 radical (unpaired) electrons. The number of hydrogen-bond acceptors (Lipinski definition) is 2. The van der Waals surface area contributed by atoms with E-state index in [2.05, 4.69) is 173 Å². The lowest BCUT2D eigenvalue weighted by atomic mass is 9.65. The minimum atomic E-state index is 0.0415. The van der Waals surface area contributed by atoms with E-state index in [4.69, 9.17) is 4.42 Å². The molecule has 10 rings (SSSR count). The van der Waals surface area contributed by atoms with Crippen LogP contribution in [0.25, 0.3) is 49.4 Å². The van der Waals surface area contributed by atoms with Crippen molar-refractivity contribution >= 4 is 60.8 Å². The Bertz CT molecular complexity index is 2660. The van der Waals surface area contributed by atoms with Crippen LogP contribution in [0.4, 0.5) is 17.1 Å². The molecule has 1 fully saturated rings. The number of para-hydroxylation sites is 4. The molecule has 0 bridgehead atoms.